The number of hydrogen-bond donors (Lipinski definition) is 0. The zero-order valence-electron chi connectivity index (χ0n) is 3.99. The van der Waals surface area contributed by atoms with E-state index in [-0.39, 0.29) is 0 Å². The van der Waals surface area contributed by atoms with Crippen LogP contribution in [0.2, 0.25) is 0 Å². The van der Waals surface area contributed by atoms with Crippen LogP contribution in [0.5, 0.6) is 0 Å². The first-order valence-corrected chi connectivity index (χ1v) is 2.12. The molecule has 0 saturated heterocycles. The fourth-order valence-corrected chi connectivity index (χ4v) is 0.414. The number of allylic oxidation sites excluding steroid dienone is 6. The van der Waals surface area contributed by atoms with E-state index in [0.717, 1.165) is 12.2 Å². The lowest BCUT2D eigenvalue weighted by molar-refractivity contribution is 0.617. The summed E-state index contributed by atoms with van der Waals surface area (Å²) in [4.78, 5) is 0. The SMILES string of the molecule is FC1=[C+]C(F)=CC=C1. The molecular weight excluding hydrogens is 110 g/mol. The van der Waals surface area contributed by atoms with Crippen LogP contribution in [0, 0.1) is 6.08 Å². The lowest BCUT2D eigenvalue weighted by Crippen LogP contribution is -1.75. The summed E-state index contributed by atoms with van der Waals surface area (Å²) in [5.41, 5.74) is 0. The van der Waals surface area contributed by atoms with Gasteiger partial charge in [0.05, 0.1) is 18.2 Å². The molecule has 0 saturated carbocycles. The molecule has 0 nitrogen and oxygen atoms in total. The van der Waals surface area contributed by atoms with Gasteiger partial charge in [-0.25, -0.2) is 0 Å². The standard InChI is InChI=1S/C6H3F2/c7-5-2-1-3-6(8)4-5/h1-3H/q+1. The van der Waals surface area contributed by atoms with E-state index in [1.807, 2.05) is 6.08 Å². The topological polar surface area (TPSA) is 0 Å². The summed E-state index contributed by atoms with van der Waals surface area (Å²) in [6, 6.07) is 0. The average molecular weight is 113 g/mol. The maximum atomic E-state index is 11.9. The molecular formula is C6H3F2+. The largest absolute Gasteiger partial charge is 0.288 e. The fraction of sp³-hybridized carbons (Fsp3) is 0. The normalized spacial score (nSPS) is 16.8. The monoisotopic (exact) mass is 113 g/mol. The van der Waals surface area contributed by atoms with Crippen molar-refractivity contribution in [3.63, 3.8) is 0 Å². The summed E-state index contributed by atoms with van der Waals surface area (Å²) in [7, 11) is 0. The van der Waals surface area contributed by atoms with Crippen LogP contribution >= 0.6 is 0 Å². The molecule has 0 N–H and O–H groups in total. The maximum Gasteiger partial charge on any atom is 0.288 e. The highest BCUT2D eigenvalue weighted by Gasteiger charge is 2.07. The minimum absolute atomic E-state index is 0.662. The smallest absolute Gasteiger partial charge is 0.164 e. The van der Waals surface area contributed by atoms with E-state index in [2.05, 4.69) is 0 Å². The number of halogens is 2. The van der Waals surface area contributed by atoms with E-state index in [0.29, 0.717) is 0 Å². The van der Waals surface area contributed by atoms with Crippen LogP contribution < -0.4 is 0 Å². The fourth-order valence-electron chi connectivity index (χ4n) is 0.414. The molecule has 0 amide bonds. The second kappa shape index (κ2) is 1.85. The Kier molecular flexibility index (Phi) is 1.18. The van der Waals surface area contributed by atoms with Crippen LogP contribution in [-0.4, -0.2) is 0 Å². The molecule has 0 aliphatic heterocycles. The Hall–Kier alpha value is -1.01. The van der Waals surface area contributed by atoms with Crippen LogP contribution in [0.1, 0.15) is 0 Å². The molecule has 8 heavy (non-hydrogen) atoms. The van der Waals surface area contributed by atoms with Gasteiger partial charge >= 0.3 is 0 Å². The molecule has 1 aliphatic carbocycles. The van der Waals surface area contributed by atoms with Crippen molar-refractivity contribution in [2.24, 2.45) is 0 Å². The Balaban J connectivity index is 2.89. The summed E-state index contributed by atoms with van der Waals surface area (Å²) in [5.74, 6) is -1.32. The van der Waals surface area contributed by atoms with Crippen LogP contribution in [0.4, 0.5) is 8.78 Å². The van der Waals surface area contributed by atoms with Gasteiger partial charge in [0.15, 0.2) is 0 Å². The lowest BCUT2D eigenvalue weighted by Gasteiger charge is -1.78. The minimum atomic E-state index is -0.662. The molecule has 1 rings (SSSR count). The van der Waals surface area contributed by atoms with E-state index in [1.165, 1.54) is 6.08 Å². The van der Waals surface area contributed by atoms with Gasteiger partial charge in [-0.15, -0.1) is 0 Å². The number of hydrogen-bond acceptors (Lipinski definition) is 0. The Morgan fingerprint density at radius 1 is 1.38 bits per heavy atom. The zero-order chi connectivity index (χ0) is 5.98. The van der Waals surface area contributed by atoms with E-state index in [1.54, 1.807) is 0 Å². The molecule has 1 aliphatic rings. The average Bonchev–Trinajstić information content (AvgIpc) is 1.64. The van der Waals surface area contributed by atoms with Gasteiger partial charge in [-0.3, -0.25) is 0 Å². The van der Waals surface area contributed by atoms with Gasteiger partial charge in [-0.05, 0) is 0 Å². The molecule has 0 spiro atoms. The first-order chi connectivity index (χ1) is 3.79. The van der Waals surface area contributed by atoms with E-state index in [4.69, 9.17) is 0 Å². The Morgan fingerprint density at radius 2 is 2.12 bits per heavy atom. The summed E-state index contributed by atoms with van der Waals surface area (Å²) in [6.07, 6.45) is 5.41. The van der Waals surface area contributed by atoms with Crippen molar-refractivity contribution < 1.29 is 8.78 Å². The predicted molar refractivity (Wildman–Crippen MR) is 26.2 cm³/mol. The van der Waals surface area contributed by atoms with Crippen LogP contribution in [0.25, 0.3) is 0 Å². The third-order valence-corrected chi connectivity index (χ3v) is 0.724. The summed E-state index contributed by atoms with van der Waals surface area (Å²) < 4.78 is 23.7. The molecule has 0 aromatic rings. The van der Waals surface area contributed by atoms with Crippen molar-refractivity contribution in [3.05, 3.63) is 36.0 Å². The van der Waals surface area contributed by atoms with E-state index < -0.39 is 11.7 Å². The van der Waals surface area contributed by atoms with Gasteiger partial charge in [-0.2, -0.15) is 8.78 Å². The summed E-state index contributed by atoms with van der Waals surface area (Å²) in [5, 5.41) is 0. The molecule has 2 heteroatoms. The maximum absolute atomic E-state index is 11.9. The predicted octanol–water partition coefficient (Wildman–Crippen LogP) is 2.07. The molecule has 0 atom stereocenters. The van der Waals surface area contributed by atoms with Crippen molar-refractivity contribution in [2.75, 3.05) is 0 Å². The van der Waals surface area contributed by atoms with Crippen LogP contribution in [0.15, 0.2) is 29.9 Å². The van der Waals surface area contributed by atoms with E-state index in [9.17, 15) is 8.78 Å². The highest BCUT2D eigenvalue weighted by Crippen LogP contribution is 2.10. The minimum Gasteiger partial charge on any atom is -0.164 e. The second-order valence-corrected chi connectivity index (χ2v) is 1.35. The van der Waals surface area contributed by atoms with Gasteiger partial charge in [-0.1, -0.05) is 0 Å². The Labute approximate surface area is 45.8 Å². The van der Waals surface area contributed by atoms with Gasteiger partial charge in [0, 0.05) is 0 Å². The van der Waals surface area contributed by atoms with Crippen molar-refractivity contribution in [1.29, 1.82) is 0 Å². The van der Waals surface area contributed by atoms with Crippen LogP contribution in [0.3, 0.4) is 0 Å². The van der Waals surface area contributed by atoms with Gasteiger partial charge in [0.2, 0.25) is 0 Å². The zero-order valence-corrected chi connectivity index (χ0v) is 3.99. The molecule has 0 aromatic carbocycles. The van der Waals surface area contributed by atoms with Crippen molar-refractivity contribution in [1.82, 2.24) is 0 Å². The van der Waals surface area contributed by atoms with Crippen molar-refractivity contribution >= 4 is 0 Å². The van der Waals surface area contributed by atoms with E-state index >= 15 is 0 Å². The second-order valence-electron chi connectivity index (χ2n) is 1.35. The van der Waals surface area contributed by atoms with Crippen molar-refractivity contribution in [3.8, 4) is 0 Å². The quantitative estimate of drug-likeness (QED) is 0.422. The summed E-state index contributed by atoms with van der Waals surface area (Å²) >= 11 is 0. The van der Waals surface area contributed by atoms with Crippen molar-refractivity contribution in [2.45, 2.75) is 0 Å². The molecule has 0 fully saturated rings. The molecule has 0 bridgehead atoms. The van der Waals surface area contributed by atoms with Gasteiger partial charge in [0.1, 0.15) is 6.08 Å². The number of rotatable bonds is 0. The first-order valence-electron chi connectivity index (χ1n) is 2.12. The van der Waals surface area contributed by atoms with Gasteiger partial charge in [0.25, 0.3) is 11.7 Å². The van der Waals surface area contributed by atoms with Gasteiger partial charge < -0.3 is 0 Å². The molecule has 0 radical (unpaired) electrons. The molecule has 0 aromatic heterocycles. The Morgan fingerprint density at radius 3 is 2.50 bits per heavy atom. The Bertz CT molecular complexity index is 172. The lowest BCUT2D eigenvalue weighted by atomic mass is 10.3. The highest BCUT2D eigenvalue weighted by atomic mass is 19.1. The highest BCUT2D eigenvalue weighted by molar-refractivity contribution is 5.27. The molecule has 40 valence electrons. The molecule has 0 unspecified atom stereocenters. The summed E-state index contributed by atoms with van der Waals surface area (Å²) in [6.45, 7) is 0. The van der Waals surface area contributed by atoms with Crippen LogP contribution in [-0.2, 0) is 0 Å². The third-order valence-electron chi connectivity index (χ3n) is 0.724. The molecule has 0 heterocycles. The third kappa shape index (κ3) is 0.983. The first kappa shape index (κ1) is 5.13.